The Morgan fingerprint density at radius 3 is 2.67 bits per heavy atom. The number of halogens is 1. The molecule has 0 aliphatic carbocycles. The molecule has 10 heteroatoms. The van der Waals surface area contributed by atoms with Gasteiger partial charge in [0.25, 0.3) is 0 Å². The van der Waals surface area contributed by atoms with E-state index in [9.17, 15) is 8.42 Å². The van der Waals surface area contributed by atoms with Crippen LogP contribution in [-0.2, 0) is 10.0 Å². The molecule has 1 atom stereocenters. The van der Waals surface area contributed by atoms with Crippen LogP contribution in [0.1, 0.15) is 24.7 Å². The first-order valence-electron chi connectivity index (χ1n) is 9.50. The summed E-state index contributed by atoms with van der Waals surface area (Å²) in [5.74, 6) is 1.93. The van der Waals surface area contributed by atoms with Gasteiger partial charge >= 0.3 is 0 Å². The number of aromatic nitrogens is 2. The minimum Gasteiger partial charge on any atom is -0.454 e. The van der Waals surface area contributed by atoms with Crippen molar-refractivity contribution in [1.82, 2.24) is 14.5 Å². The molecule has 3 aromatic rings. The molecular weight excluding hydrogens is 430 g/mol. The number of nitrogens with zero attached hydrogens (tertiary/aromatic N) is 3. The highest BCUT2D eigenvalue weighted by molar-refractivity contribution is 7.89. The lowest BCUT2D eigenvalue weighted by Gasteiger charge is -2.30. The quantitative estimate of drug-likeness (QED) is 0.601. The standard InChI is InChI=1S/C20H18ClN3O5S/c21-15-4-6-16(7-5-15)30(25,26)24-9-1-2-14(11-24)20-23-22-19(29-20)13-3-8-17-18(10-13)28-12-27-17/h3-8,10,14H,1-2,9,11-12H2/t14-/m0/s1. The number of rotatable bonds is 4. The van der Waals surface area contributed by atoms with E-state index in [4.69, 9.17) is 25.5 Å². The summed E-state index contributed by atoms with van der Waals surface area (Å²) in [7, 11) is -3.62. The van der Waals surface area contributed by atoms with Crippen LogP contribution in [0.2, 0.25) is 5.02 Å². The molecule has 1 aromatic heterocycles. The molecule has 1 fully saturated rings. The number of hydrogen-bond donors (Lipinski definition) is 0. The van der Waals surface area contributed by atoms with Crippen molar-refractivity contribution >= 4 is 21.6 Å². The largest absolute Gasteiger partial charge is 0.454 e. The molecule has 156 valence electrons. The van der Waals surface area contributed by atoms with Crippen LogP contribution < -0.4 is 9.47 Å². The van der Waals surface area contributed by atoms with E-state index < -0.39 is 10.0 Å². The molecule has 5 rings (SSSR count). The molecule has 2 aromatic carbocycles. The average Bonchev–Trinajstić information content (AvgIpc) is 3.43. The van der Waals surface area contributed by atoms with Gasteiger partial charge in [-0.05, 0) is 55.3 Å². The normalized spacial score (nSPS) is 19.2. The summed E-state index contributed by atoms with van der Waals surface area (Å²) >= 11 is 5.88. The van der Waals surface area contributed by atoms with Crippen molar-refractivity contribution in [2.24, 2.45) is 0 Å². The number of benzene rings is 2. The monoisotopic (exact) mass is 447 g/mol. The third-order valence-electron chi connectivity index (χ3n) is 5.24. The van der Waals surface area contributed by atoms with Crippen molar-refractivity contribution in [2.75, 3.05) is 19.9 Å². The van der Waals surface area contributed by atoms with Crippen LogP contribution >= 0.6 is 11.6 Å². The van der Waals surface area contributed by atoms with Crippen LogP contribution in [-0.4, -0.2) is 42.8 Å². The lowest BCUT2D eigenvalue weighted by molar-refractivity contribution is 0.174. The molecule has 0 saturated carbocycles. The summed E-state index contributed by atoms with van der Waals surface area (Å²) in [5, 5.41) is 8.82. The average molecular weight is 448 g/mol. The van der Waals surface area contributed by atoms with Gasteiger partial charge in [0.2, 0.25) is 28.6 Å². The minimum absolute atomic E-state index is 0.170. The predicted octanol–water partition coefficient (Wildman–Crippen LogP) is 3.69. The van der Waals surface area contributed by atoms with E-state index in [2.05, 4.69) is 10.2 Å². The fourth-order valence-electron chi connectivity index (χ4n) is 3.66. The zero-order valence-electron chi connectivity index (χ0n) is 15.8. The summed E-state index contributed by atoms with van der Waals surface area (Å²) in [6.45, 7) is 0.923. The summed E-state index contributed by atoms with van der Waals surface area (Å²) in [4.78, 5) is 0.221. The number of fused-ring (bicyclic) bond motifs is 1. The van der Waals surface area contributed by atoms with Gasteiger partial charge in [0, 0.05) is 23.7 Å². The Kier molecular flexibility index (Phi) is 4.88. The number of hydrogen-bond acceptors (Lipinski definition) is 7. The molecule has 0 N–H and O–H groups in total. The highest BCUT2D eigenvalue weighted by Crippen LogP contribution is 2.36. The van der Waals surface area contributed by atoms with Crippen molar-refractivity contribution in [3.05, 3.63) is 53.4 Å². The van der Waals surface area contributed by atoms with E-state index in [0.717, 1.165) is 12.0 Å². The van der Waals surface area contributed by atoms with Gasteiger partial charge in [-0.2, -0.15) is 4.31 Å². The highest BCUT2D eigenvalue weighted by Gasteiger charge is 2.33. The molecular formula is C20H18ClN3O5S. The van der Waals surface area contributed by atoms with Crippen LogP contribution in [0.5, 0.6) is 11.5 Å². The first-order valence-corrected chi connectivity index (χ1v) is 11.3. The minimum atomic E-state index is -3.62. The fourth-order valence-corrected chi connectivity index (χ4v) is 5.31. The first-order chi connectivity index (χ1) is 14.5. The van der Waals surface area contributed by atoms with Crippen LogP contribution in [0.25, 0.3) is 11.5 Å². The van der Waals surface area contributed by atoms with Crippen molar-refractivity contribution < 1.29 is 22.3 Å². The lowest BCUT2D eigenvalue weighted by atomic mass is 10.00. The van der Waals surface area contributed by atoms with Gasteiger partial charge in [-0.15, -0.1) is 10.2 Å². The lowest BCUT2D eigenvalue weighted by Crippen LogP contribution is -2.39. The molecule has 2 aliphatic heterocycles. The highest BCUT2D eigenvalue weighted by atomic mass is 35.5. The van der Waals surface area contributed by atoms with Crippen LogP contribution in [0.15, 0.2) is 51.8 Å². The molecule has 2 aliphatic rings. The second-order valence-electron chi connectivity index (χ2n) is 7.17. The molecule has 0 spiro atoms. The Balaban J connectivity index is 1.36. The molecule has 0 bridgehead atoms. The Bertz CT molecular complexity index is 1180. The molecule has 30 heavy (non-hydrogen) atoms. The van der Waals surface area contributed by atoms with Gasteiger partial charge in [0.15, 0.2) is 11.5 Å². The summed E-state index contributed by atoms with van der Waals surface area (Å²) in [5.41, 5.74) is 0.722. The number of sulfonamides is 1. The number of ether oxygens (including phenoxy) is 2. The maximum atomic E-state index is 13.0. The summed E-state index contributed by atoms with van der Waals surface area (Å²) in [6.07, 6.45) is 1.48. The van der Waals surface area contributed by atoms with Crippen molar-refractivity contribution in [3.63, 3.8) is 0 Å². The number of piperidine rings is 1. The fraction of sp³-hybridized carbons (Fsp3) is 0.300. The van der Waals surface area contributed by atoms with E-state index >= 15 is 0 Å². The van der Waals surface area contributed by atoms with E-state index in [1.54, 1.807) is 24.3 Å². The Morgan fingerprint density at radius 2 is 1.83 bits per heavy atom. The third-order valence-corrected chi connectivity index (χ3v) is 7.38. The maximum Gasteiger partial charge on any atom is 0.247 e. The zero-order chi connectivity index (χ0) is 20.7. The maximum absolute atomic E-state index is 13.0. The second-order valence-corrected chi connectivity index (χ2v) is 9.54. The SMILES string of the molecule is O=S(=O)(c1ccc(Cl)cc1)N1CCC[C@H](c2nnc(-c3ccc4c(c3)OCO4)o2)C1. The van der Waals surface area contributed by atoms with Gasteiger partial charge in [-0.3, -0.25) is 0 Å². The van der Waals surface area contributed by atoms with Crippen LogP contribution in [0.4, 0.5) is 0 Å². The molecule has 0 amide bonds. The van der Waals surface area contributed by atoms with Gasteiger partial charge in [0.1, 0.15) is 0 Å². The van der Waals surface area contributed by atoms with Crippen molar-refractivity contribution in [3.8, 4) is 23.0 Å². The summed E-state index contributed by atoms with van der Waals surface area (Å²) < 4.78 is 44.1. The van der Waals surface area contributed by atoms with Gasteiger partial charge < -0.3 is 13.9 Å². The first kappa shape index (κ1) is 19.3. The topological polar surface area (TPSA) is 94.8 Å². The van der Waals surface area contributed by atoms with E-state index in [-0.39, 0.29) is 24.2 Å². The molecule has 0 radical (unpaired) electrons. The van der Waals surface area contributed by atoms with E-state index in [1.807, 2.05) is 6.07 Å². The molecule has 1 saturated heterocycles. The van der Waals surface area contributed by atoms with Crippen molar-refractivity contribution in [2.45, 2.75) is 23.7 Å². The van der Waals surface area contributed by atoms with Gasteiger partial charge in [0.05, 0.1) is 10.8 Å². The van der Waals surface area contributed by atoms with Gasteiger partial charge in [-0.1, -0.05) is 11.6 Å². The molecule has 0 unspecified atom stereocenters. The van der Waals surface area contributed by atoms with Crippen LogP contribution in [0.3, 0.4) is 0 Å². The van der Waals surface area contributed by atoms with E-state index in [0.29, 0.717) is 41.3 Å². The van der Waals surface area contributed by atoms with Crippen molar-refractivity contribution in [1.29, 1.82) is 0 Å². The van der Waals surface area contributed by atoms with Gasteiger partial charge in [-0.25, -0.2) is 8.42 Å². The molecule has 8 nitrogen and oxygen atoms in total. The Hall–Kier alpha value is -2.62. The van der Waals surface area contributed by atoms with E-state index in [1.165, 1.54) is 16.4 Å². The Morgan fingerprint density at radius 1 is 1.03 bits per heavy atom. The second kappa shape index (κ2) is 7.57. The Labute approximate surface area is 178 Å². The third kappa shape index (κ3) is 3.53. The van der Waals surface area contributed by atoms with Crippen LogP contribution in [0, 0.1) is 0 Å². The smallest absolute Gasteiger partial charge is 0.247 e. The summed E-state index contributed by atoms with van der Waals surface area (Å²) in [6, 6.07) is 11.6. The zero-order valence-corrected chi connectivity index (χ0v) is 17.4. The predicted molar refractivity (Wildman–Crippen MR) is 108 cm³/mol. The molecule has 3 heterocycles.